The molecule has 3 N–H and O–H groups in total. The van der Waals surface area contributed by atoms with Gasteiger partial charge in [-0.05, 0) is 57.3 Å². The van der Waals surface area contributed by atoms with E-state index in [1.165, 1.54) is 96.3 Å². The number of aliphatic hydroxyl groups is 1. The molecule has 0 rings (SSSR count). The molecule has 2 unspecified atom stereocenters. The van der Waals surface area contributed by atoms with E-state index >= 15 is 0 Å². The lowest BCUT2D eigenvalue weighted by Crippen LogP contribution is -2.30. The highest BCUT2D eigenvalue weighted by molar-refractivity contribution is 7.47. The summed E-state index contributed by atoms with van der Waals surface area (Å²) in [5.74, 6) is -1.38. The average molecular weight is 1250 g/mol. The van der Waals surface area contributed by atoms with Crippen molar-refractivity contribution >= 4 is 39.5 Å². The molecule has 0 aromatic rings. The molecule has 0 amide bonds. The highest BCUT2D eigenvalue weighted by Crippen LogP contribution is 2.45. The Morgan fingerprint density at radius 3 is 0.965 bits per heavy atom. The summed E-state index contributed by atoms with van der Waals surface area (Å²) in [4.78, 5) is 71.9. The average Bonchev–Trinajstić information content (AvgIpc) is 3.56. The highest BCUT2D eigenvalue weighted by atomic mass is 31.2. The van der Waals surface area contributed by atoms with Crippen molar-refractivity contribution in [3.8, 4) is 0 Å². The van der Waals surface area contributed by atoms with Crippen molar-refractivity contribution in [3.63, 3.8) is 0 Å². The van der Waals surface area contributed by atoms with Crippen molar-refractivity contribution in [2.24, 2.45) is 5.92 Å². The zero-order valence-corrected chi connectivity index (χ0v) is 56.0. The number of phosphoric acid groups is 2. The molecule has 0 spiro atoms. The van der Waals surface area contributed by atoms with Gasteiger partial charge in [0.1, 0.15) is 19.3 Å². The third kappa shape index (κ3) is 60.2. The van der Waals surface area contributed by atoms with Crippen molar-refractivity contribution in [2.45, 2.75) is 329 Å². The molecule has 0 saturated heterocycles. The molecular weight excluding hydrogens is 1130 g/mol. The zero-order valence-electron chi connectivity index (χ0n) is 54.2. The molecular formula is C66H124O17P2. The summed E-state index contributed by atoms with van der Waals surface area (Å²) < 4.78 is 67.7. The summed E-state index contributed by atoms with van der Waals surface area (Å²) in [6.07, 6.45) is 47.2. The second-order valence-corrected chi connectivity index (χ2v) is 26.6. The number of allylic oxidation sites excluding steroid dienone is 4. The van der Waals surface area contributed by atoms with E-state index in [0.717, 1.165) is 134 Å². The Morgan fingerprint density at radius 2 is 0.635 bits per heavy atom. The van der Waals surface area contributed by atoms with E-state index in [1.54, 1.807) is 0 Å². The minimum atomic E-state index is -4.95. The summed E-state index contributed by atoms with van der Waals surface area (Å²) in [6.45, 7) is 7.04. The van der Waals surface area contributed by atoms with Crippen LogP contribution in [0.4, 0.5) is 0 Å². The van der Waals surface area contributed by atoms with Gasteiger partial charge in [-0.25, -0.2) is 9.13 Å². The molecule has 5 atom stereocenters. The van der Waals surface area contributed by atoms with E-state index in [1.807, 2.05) is 0 Å². The summed E-state index contributed by atoms with van der Waals surface area (Å²) in [6, 6.07) is 0. The standard InChI is InChI=1S/C66H124O17P2/c1-6-9-12-15-17-18-19-20-22-26-29-32-36-40-45-50-64(69)77-56-62(83-66(71)52-47-42-37-33-30-27-24-21-23-25-28-31-35-39-43-48-59(4)5)58-81-85(74,75)79-54-60(67)53-78-84(72,73)80-57-61(55-76-63(68)49-44-38-14-11-8-3)82-65(70)51-46-41-34-16-13-10-7-2/h18-20,22,59-62,67H,6-17,21,23-58H2,1-5H3,(H,72,73)(H,74,75)/b19-18-,22-20-/t60-,61+,62+/m0/s1. The Hall–Kier alpha value is -2.46. The second-order valence-electron chi connectivity index (χ2n) is 23.6. The van der Waals surface area contributed by atoms with Gasteiger partial charge in [-0.3, -0.25) is 37.3 Å². The van der Waals surface area contributed by atoms with Crippen LogP contribution in [0.5, 0.6) is 0 Å². The van der Waals surface area contributed by atoms with E-state index < -0.39 is 97.5 Å². The third-order valence-corrected chi connectivity index (χ3v) is 16.6. The Bertz CT molecular complexity index is 1740. The monoisotopic (exact) mass is 1250 g/mol. The van der Waals surface area contributed by atoms with Crippen LogP contribution in [0, 0.1) is 5.92 Å². The van der Waals surface area contributed by atoms with E-state index in [4.69, 9.17) is 37.0 Å². The minimum absolute atomic E-state index is 0.101. The normalized spacial score (nSPS) is 14.4. The number of phosphoric ester groups is 2. The number of hydrogen-bond donors (Lipinski definition) is 3. The van der Waals surface area contributed by atoms with E-state index in [-0.39, 0.29) is 25.7 Å². The van der Waals surface area contributed by atoms with Crippen LogP contribution in [0.15, 0.2) is 24.3 Å². The molecule has 0 fully saturated rings. The highest BCUT2D eigenvalue weighted by Gasteiger charge is 2.30. The first kappa shape index (κ1) is 82.5. The fourth-order valence-corrected chi connectivity index (χ4v) is 11.0. The van der Waals surface area contributed by atoms with Gasteiger partial charge in [0.15, 0.2) is 12.2 Å². The van der Waals surface area contributed by atoms with Gasteiger partial charge in [0, 0.05) is 25.7 Å². The van der Waals surface area contributed by atoms with E-state index in [0.29, 0.717) is 25.7 Å². The smallest absolute Gasteiger partial charge is 0.462 e. The van der Waals surface area contributed by atoms with Crippen LogP contribution in [0.25, 0.3) is 0 Å². The Morgan fingerprint density at radius 1 is 0.365 bits per heavy atom. The maximum Gasteiger partial charge on any atom is 0.472 e. The molecule has 0 aliphatic rings. The van der Waals surface area contributed by atoms with Gasteiger partial charge in [0.2, 0.25) is 0 Å². The van der Waals surface area contributed by atoms with Crippen LogP contribution in [0.2, 0.25) is 0 Å². The van der Waals surface area contributed by atoms with Crippen molar-refractivity contribution in [3.05, 3.63) is 24.3 Å². The van der Waals surface area contributed by atoms with Crippen molar-refractivity contribution < 1.29 is 80.2 Å². The number of carbonyl (C=O) groups excluding carboxylic acids is 4. The van der Waals surface area contributed by atoms with Crippen LogP contribution >= 0.6 is 15.6 Å². The van der Waals surface area contributed by atoms with Crippen LogP contribution < -0.4 is 0 Å². The van der Waals surface area contributed by atoms with Crippen LogP contribution in [-0.4, -0.2) is 96.7 Å². The molecule has 17 nitrogen and oxygen atoms in total. The van der Waals surface area contributed by atoms with E-state index in [9.17, 15) is 43.2 Å². The van der Waals surface area contributed by atoms with Gasteiger partial charge in [0.05, 0.1) is 26.4 Å². The third-order valence-electron chi connectivity index (χ3n) is 14.7. The number of carbonyl (C=O) groups is 4. The van der Waals surface area contributed by atoms with Crippen molar-refractivity contribution in [1.29, 1.82) is 0 Å². The lowest BCUT2D eigenvalue weighted by Gasteiger charge is -2.21. The zero-order chi connectivity index (χ0) is 62.8. The van der Waals surface area contributed by atoms with Gasteiger partial charge in [-0.1, -0.05) is 258 Å². The first-order chi connectivity index (χ1) is 41.0. The number of esters is 4. The van der Waals surface area contributed by atoms with Crippen LogP contribution in [0.1, 0.15) is 311 Å². The van der Waals surface area contributed by atoms with Gasteiger partial charge in [0.25, 0.3) is 0 Å². The Labute approximate surface area is 516 Å². The topological polar surface area (TPSA) is 237 Å². The van der Waals surface area contributed by atoms with Gasteiger partial charge in [-0.2, -0.15) is 0 Å². The second kappa shape index (κ2) is 59.2. The maximum absolute atomic E-state index is 13.0. The van der Waals surface area contributed by atoms with Crippen molar-refractivity contribution in [1.82, 2.24) is 0 Å². The fourth-order valence-electron chi connectivity index (χ4n) is 9.40. The summed E-state index contributed by atoms with van der Waals surface area (Å²) >= 11 is 0. The molecule has 0 aliphatic heterocycles. The molecule has 85 heavy (non-hydrogen) atoms. The number of rotatable bonds is 64. The molecule has 500 valence electrons. The maximum atomic E-state index is 13.0. The van der Waals surface area contributed by atoms with Gasteiger partial charge in [-0.15, -0.1) is 0 Å². The molecule has 19 heteroatoms. The van der Waals surface area contributed by atoms with Crippen LogP contribution in [0.3, 0.4) is 0 Å². The SMILES string of the molecule is CCCCCC/C=C\C=C/CCCCCCCC(=O)OC[C@H](COP(=O)(O)OC[C@@H](O)COP(=O)(O)OC[C@@H](COC(=O)CCCCCCC)OC(=O)CCCCCCCCC)OC(=O)CCCCCCCCCCCCCCCCCC(C)C. The Kier molecular flexibility index (Phi) is 57.5. The molecule has 0 aromatic carbocycles. The summed E-state index contributed by atoms with van der Waals surface area (Å²) in [7, 11) is -9.89. The molecule has 0 saturated carbocycles. The number of ether oxygens (including phenoxy) is 4. The van der Waals surface area contributed by atoms with Crippen LogP contribution in [-0.2, 0) is 65.4 Å². The largest absolute Gasteiger partial charge is 0.472 e. The van der Waals surface area contributed by atoms with E-state index in [2.05, 4.69) is 58.9 Å². The Balaban J connectivity index is 5.16. The molecule has 0 aliphatic carbocycles. The molecule has 0 heterocycles. The quantitative estimate of drug-likeness (QED) is 0.0169. The summed E-state index contributed by atoms with van der Waals surface area (Å²) in [5, 5.41) is 10.5. The lowest BCUT2D eigenvalue weighted by atomic mass is 10.0. The van der Waals surface area contributed by atoms with Gasteiger partial charge >= 0.3 is 39.5 Å². The predicted octanol–water partition coefficient (Wildman–Crippen LogP) is 18.1. The van der Waals surface area contributed by atoms with Gasteiger partial charge < -0.3 is 33.8 Å². The minimum Gasteiger partial charge on any atom is -0.462 e. The molecule has 0 bridgehead atoms. The predicted molar refractivity (Wildman–Crippen MR) is 340 cm³/mol. The number of unbranched alkanes of at least 4 members (excludes halogenated alkanes) is 33. The fraction of sp³-hybridized carbons (Fsp3) is 0.879. The summed E-state index contributed by atoms with van der Waals surface area (Å²) in [5.41, 5.74) is 0. The first-order valence-electron chi connectivity index (χ1n) is 34.0. The number of hydrogen-bond acceptors (Lipinski definition) is 15. The first-order valence-corrected chi connectivity index (χ1v) is 36.9. The lowest BCUT2D eigenvalue weighted by molar-refractivity contribution is -0.161. The van der Waals surface area contributed by atoms with Crippen molar-refractivity contribution in [2.75, 3.05) is 39.6 Å². The molecule has 0 radical (unpaired) electrons. The number of aliphatic hydroxyl groups excluding tert-OH is 1. The molecule has 0 aromatic heterocycles.